The van der Waals surface area contributed by atoms with Gasteiger partial charge in [-0.15, -0.1) is 0 Å². The maximum Gasteiger partial charge on any atom is 0.151 e. The van der Waals surface area contributed by atoms with Gasteiger partial charge in [-0.3, -0.25) is 0 Å². The van der Waals surface area contributed by atoms with Gasteiger partial charge in [0.15, 0.2) is 9.84 Å². The Morgan fingerprint density at radius 1 is 1.38 bits per heavy atom. The van der Waals surface area contributed by atoms with Gasteiger partial charge in [0.1, 0.15) is 0 Å². The molecule has 1 aliphatic heterocycles. The molecule has 0 amide bonds. The lowest BCUT2D eigenvalue weighted by Gasteiger charge is -2.28. The Morgan fingerprint density at radius 2 is 2.00 bits per heavy atom. The van der Waals surface area contributed by atoms with Crippen LogP contribution in [-0.2, 0) is 14.6 Å². The average molecular weight is 249 g/mol. The lowest BCUT2D eigenvalue weighted by Crippen LogP contribution is -2.39. The van der Waals surface area contributed by atoms with Crippen LogP contribution in [0, 0.1) is 5.92 Å². The number of hydrogen-bond acceptors (Lipinski definition) is 4. The number of hydrogen-bond donors (Lipinski definition) is 1. The predicted molar refractivity (Wildman–Crippen MR) is 65.3 cm³/mol. The fraction of sp³-hybridized carbons (Fsp3) is 1.00. The first-order valence-corrected chi connectivity index (χ1v) is 7.89. The van der Waals surface area contributed by atoms with Crippen molar-refractivity contribution in [2.45, 2.75) is 32.7 Å². The topological polar surface area (TPSA) is 55.4 Å². The molecule has 1 aliphatic rings. The molecule has 0 radical (unpaired) electrons. The summed E-state index contributed by atoms with van der Waals surface area (Å²) in [4.78, 5) is 0. The van der Waals surface area contributed by atoms with Crippen LogP contribution in [0.5, 0.6) is 0 Å². The summed E-state index contributed by atoms with van der Waals surface area (Å²) < 4.78 is 27.9. The van der Waals surface area contributed by atoms with E-state index in [4.69, 9.17) is 4.74 Å². The third-order valence-electron chi connectivity index (χ3n) is 3.29. The Morgan fingerprint density at radius 3 is 2.56 bits per heavy atom. The van der Waals surface area contributed by atoms with E-state index in [1.165, 1.54) is 0 Å². The summed E-state index contributed by atoms with van der Waals surface area (Å²) in [5.74, 6) is 1.11. The van der Waals surface area contributed by atoms with E-state index < -0.39 is 9.84 Å². The lowest BCUT2D eigenvalue weighted by atomic mass is 9.93. The fourth-order valence-corrected chi connectivity index (χ4v) is 2.69. The zero-order chi connectivity index (χ0) is 12.0. The van der Waals surface area contributed by atoms with E-state index in [0.717, 1.165) is 26.1 Å². The molecule has 5 heteroatoms. The van der Waals surface area contributed by atoms with Crippen molar-refractivity contribution in [1.82, 2.24) is 5.32 Å². The molecule has 0 bridgehead atoms. The van der Waals surface area contributed by atoms with Gasteiger partial charge < -0.3 is 10.1 Å². The molecular formula is C11H23NO3S. The summed E-state index contributed by atoms with van der Waals surface area (Å²) in [6.45, 7) is 6.06. The van der Waals surface area contributed by atoms with E-state index >= 15 is 0 Å². The van der Waals surface area contributed by atoms with Gasteiger partial charge in [-0.25, -0.2) is 8.42 Å². The second-order valence-electron chi connectivity index (χ2n) is 4.43. The summed E-state index contributed by atoms with van der Waals surface area (Å²) in [6, 6.07) is 0.385. The summed E-state index contributed by atoms with van der Waals surface area (Å²) in [5.41, 5.74) is 0. The minimum absolute atomic E-state index is 0.236. The third-order valence-corrected chi connectivity index (χ3v) is 5.00. The van der Waals surface area contributed by atoms with E-state index in [1.807, 2.05) is 0 Å². The predicted octanol–water partition coefficient (Wildman–Crippen LogP) is 0.826. The molecule has 1 saturated heterocycles. The van der Waals surface area contributed by atoms with Crippen LogP contribution in [0.1, 0.15) is 26.7 Å². The molecule has 0 aromatic rings. The summed E-state index contributed by atoms with van der Waals surface area (Å²) in [6.07, 6.45) is 2.16. The second kappa shape index (κ2) is 6.57. The van der Waals surface area contributed by atoms with Crippen molar-refractivity contribution in [3.05, 3.63) is 0 Å². The van der Waals surface area contributed by atoms with Crippen molar-refractivity contribution in [1.29, 1.82) is 0 Å². The molecule has 96 valence electrons. The van der Waals surface area contributed by atoms with Gasteiger partial charge >= 0.3 is 0 Å². The smallest absolute Gasteiger partial charge is 0.151 e. The van der Waals surface area contributed by atoms with Crippen LogP contribution in [0.2, 0.25) is 0 Å². The van der Waals surface area contributed by atoms with Gasteiger partial charge in [-0.05, 0) is 25.7 Å². The maximum atomic E-state index is 11.3. The van der Waals surface area contributed by atoms with Crippen LogP contribution >= 0.6 is 0 Å². The SMILES string of the molecule is CCS(=O)(=O)CCNC(C)C1CCOCC1. The average Bonchev–Trinajstić information content (AvgIpc) is 2.30. The van der Waals surface area contributed by atoms with Crippen LogP contribution < -0.4 is 5.32 Å². The first-order chi connectivity index (χ1) is 7.55. The van der Waals surface area contributed by atoms with Crippen LogP contribution in [0.25, 0.3) is 0 Å². The third kappa shape index (κ3) is 4.80. The summed E-state index contributed by atoms with van der Waals surface area (Å²) >= 11 is 0. The highest BCUT2D eigenvalue weighted by Gasteiger charge is 2.20. The molecule has 0 aromatic heterocycles. The minimum atomic E-state index is -2.83. The molecule has 16 heavy (non-hydrogen) atoms. The molecule has 1 heterocycles. The number of nitrogens with one attached hydrogen (secondary N) is 1. The van der Waals surface area contributed by atoms with Gasteiger partial charge in [0.25, 0.3) is 0 Å². The second-order valence-corrected chi connectivity index (χ2v) is 6.90. The van der Waals surface area contributed by atoms with E-state index in [9.17, 15) is 8.42 Å². The van der Waals surface area contributed by atoms with E-state index in [0.29, 0.717) is 18.5 Å². The minimum Gasteiger partial charge on any atom is -0.381 e. The van der Waals surface area contributed by atoms with Crippen molar-refractivity contribution >= 4 is 9.84 Å². The zero-order valence-corrected chi connectivity index (χ0v) is 11.1. The van der Waals surface area contributed by atoms with Crippen LogP contribution in [0.15, 0.2) is 0 Å². The van der Waals surface area contributed by atoms with Gasteiger partial charge in [-0.1, -0.05) is 6.92 Å². The highest BCUT2D eigenvalue weighted by molar-refractivity contribution is 7.91. The van der Waals surface area contributed by atoms with Crippen molar-refractivity contribution < 1.29 is 13.2 Å². The standard InChI is InChI=1S/C11H23NO3S/c1-3-16(13,14)9-6-12-10(2)11-4-7-15-8-5-11/h10-12H,3-9H2,1-2H3. The monoisotopic (exact) mass is 249 g/mol. The fourth-order valence-electron chi connectivity index (χ4n) is 1.97. The summed E-state index contributed by atoms with van der Waals surface area (Å²) in [7, 11) is -2.83. The molecular weight excluding hydrogens is 226 g/mol. The quantitative estimate of drug-likeness (QED) is 0.757. The molecule has 0 spiro atoms. The van der Waals surface area contributed by atoms with Crippen LogP contribution in [-0.4, -0.2) is 45.7 Å². The van der Waals surface area contributed by atoms with E-state index in [2.05, 4.69) is 12.2 Å². The Kier molecular flexibility index (Phi) is 5.72. The van der Waals surface area contributed by atoms with Crippen molar-refractivity contribution in [2.75, 3.05) is 31.3 Å². The van der Waals surface area contributed by atoms with Crippen molar-refractivity contribution in [3.8, 4) is 0 Å². The first-order valence-electron chi connectivity index (χ1n) is 6.06. The Bertz CT molecular complexity index is 284. The number of sulfone groups is 1. The molecule has 1 atom stereocenters. The Hall–Kier alpha value is -0.130. The van der Waals surface area contributed by atoms with Crippen LogP contribution in [0.4, 0.5) is 0 Å². The van der Waals surface area contributed by atoms with Crippen molar-refractivity contribution in [3.63, 3.8) is 0 Å². The van der Waals surface area contributed by atoms with E-state index in [1.54, 1.807) is 6.92 Å². The maximum absolute atomic E-state index is 11.3. The van der Waals surface area contributed by atoms with Gasteiger partial charge in [0.05, 0.1) is 5.75 Å². The number of ether oxygens (including phenoxy) is 1. The van der Waals surface area contributed by atoms with Gasteiger partial charge in [-0.2, -0.15) is 0 Å². The zero-order valence-electron chi connectivity index (χ0n) is 10.2. The molecule has 0 aromatic carbocycles. The summed E-state index contributed by atoms with van der Waals surface area (Å²) in [5, 5.41) is 3.31. The van der Waals surface area contributed by atoms with E-state index in [-0.39, 0.29) is 11.5 Å². The van der Waals surface area contributed by atoms with Crippen LogP contribution in [0.3, 0.4) is 0 Å². The van der Waals surface area contributed by atoms with Gasteiger partial charge in [0, 0.05) is 31.6 Å². The molecule has 1 fully saturated rings. The molecule has 1 unspecified atom stereocenters. The molecule has 4 nitrogen and oxygen atoms in total. The van der Waals surface area contributed by atoms with Gasteiger partial charge in [0.2, 0.25) is 0 Å². The Balaban J connectivity index is 2.21. The first kappa shape index (κ1) is 13.9. The number of rotatable bonds is 6. The Labute approximate surface area is 98.7 Å². The normalized spacial score (nSPS) is 20.9. The molecule has 1 N–H and O–H groups in total. The molecule has 1 rings (SSSR count). The molecule has 0 aliphatic carbocycles. The largest absolute Gasteiger partial charge is 0.381 e. The van der Waals surface area contributed by atoms with Crippen molar-refractivity contribution in [2.24, 2.45) is 5.92 Å². The molecule has 0 saturated carbocycles. The highest BCUT2D eigenvalue weighted by Crippen LogP contribution is 2.18. The lowest BCUT2D eigenvalue weighted by molar-refractivity contribution is 0.0562. The highest BCUT2D eigenvalue weighted by atomic mass is 32.2.